The first kappa shape index (κ1) is 15.9. The van der Waals surface area contributed by atoms with Gasteiger partial charge in [-0.25, -0.2) is 4.98 Å². The van der Waals surface area contributed by atoms with Gasteiger partial charge in [0.25, 0.3) is 0 Å². The Balaban J connectivity index is 1.65. The van der Waals surface area contributed by atoms with Crippen LogP contribution < -0.4 is 0 Å². The Morgan fingerprint density at radius 1 is 1.38 bits per heavy atom. The van der Waals surface area contributed by atoms with Crippen LogP contribution in [0.5, 0.6) is 0 Å². The van der Waals surface area contributed by atoms with Crippen molar-refractivity contribution in [1.82, 2.24) is 9.88 Å². The molecule has 1 amide bonds. The van der Waals surface area contributed by atoms with Gasteiger partial charge in [-0.2, -0.15) is 0 Å². The van der Waals surface area contributed by atoms with Crippen molar-refractivity contribution < 1.29 is 14.1 Å². The van der Waals surface area contributed by atoms with Crippen LogP contribution in [-0.2, 0) is 11.3 Å². The molecule has 122 valence electrons. The summed E-state index contributed by atoms with van der Waals surface area (Å²) in [6.07, 6.45) is 2.72. The lowest BCUT2D eigenvalue weighted by molar-refractivity contribution is -0.402. The summed E-state index contributed by atoms with van der Waals surface area (Å²) in [7, 11) is 1.67. The number of carbonyl (C=O) groups is 1. The normalized spacial score (nSPS) is 11.2. The molecule has 0 fully saturated rings. The minimum Gasteiger partial charge on any atom is -0.401 e. The molecule has 0 saturated heterocycles. The fraction of sp³-hybridized carbons (Fsp3) is 0.125. The Kier molecular flexibility index (Phi) is 4.39. The lowest BCUT2D eigenvalue weighted by Crippen LogP contribution is -2.23. The Labute approximate surface area is 141 Å². The van der Waals surface area contributed by atoms with Crippen LogP contribution in [0.1, 0.15) is 10.8 Å². The number of hydrogen-bond donors (Lipinski definition) is 0. The van der Waals surface area contributed by atoms with Crippen LogP contribution in [0.4, 0.5) is 5.88 Å². The summed E-state index contributed by atoms with van der Waals surface area (Å²) >= 11 is 1.54. The van der Waals surface area contributed by atoms with E-state index in [4.69, 9.17) is 4.42 Å². The predicted octanol–water partition coefficient (Wildman–Crippen LogP) is 3.47. The molecule has 3 aromatic rings. The summed E-state index contributed by atoms with van der Waals surface area (Å²) in [4.78, 5) is 28.0. The summed E-state index contributed by atoms with van der Waals surface area (Å²) in [5, 5.41) is 11.4. The van der Waals surface area contributed by atoms with E-state index in [9.17, 15) is 14.9 Å². The van der Waals surface area contributed by atoms with Gasteiger partial charge in [0.1, 0.15) is 15.7 Å². The molecular weight excluding hydrogens is 330 g/mol. The summed E-state index contributed by atoms with van der Waals surface area (Å²) in [6, 6.07) is 10.5. The molecule has 0 aliphatic rings. The number of likely N-dealkylation sites (N-methyl/N-ethyl adjacent to an activating group) is 1. The van der Waals surface area contributed by atoms with Crippen molar-refractivity contribution >= 4 is 39.4 Å². The maximum Gasteiger partial charge on any atom is 0.433 e. The zero-order valence-electron chi connectivity index (χ0n) is 12.7. The number of fused-ring (bicyclic) bond motifs is 1. The second-order valence-electron chi connectivity index (χ2n) is 5.04. The molecule has 0 radical (unpaired) electrons. The van der Waals surface area contributed by atoms with Crippen molar-refractivity contribution in [3.8, 4) is 0 Å². The van der Waals surface area contributed by atoms with E-state index in [1.165, 1.54) is 29.2 Å². The number of furan rings is 1. The van der Waals surface area contributed by atoms with Crippen molar-refractivity contribution in [2.45, 2.75) is 6.54 Å². The highest BCUT2D eigenvalue weighted by molar-refractivity contribution is 7.18. The number of carbonyl (C=O) groups excluding carboxylic acids is 1. The third kappa shape index (κ3) is 3.49. The first-order valence-electron chi connectivity index (χ1n) is 7.05. The molecule has 0 atom stereocenters. The van der Waals surface area contributed by atoms with E-state index >= 15 is 0 Å². The highest BCUT2D eigenvalue weighted by atomic mass is 32.1. The third-order valence-electron chi connectivity index (χ3n) is 3.27. The smallest absolute Gasteiger partial charge is 0.401 e. The Morgan fingerprint density at radius 2 is 2.17 bits per heavy atom. The van der Waals surface area contributed by atoms with Gasteiger partial charge in [-0.15, -0.1) is 11.3 Å². The van der Waals surface area contributed by atoms with Crippen molar-refractivity contribution in [3.63, 3.8) is 0 Å². The number of aromatic nitrogens is 1. The zero-order chi connectivity index (χ0) is 17.1. The summed E-state index contributed by atoms with van der Waals surface area (Å²) in [6.45, 7) is 0.390. The fourth-order valence-corrected chi connectivity index (χ4v) is 3.10. The number of amides is 1. The second kappa shape index (κ2) is 6.63. The number of hydrogen-bond acceptors (Lipinski definition) is 6. The number of rotatable bonds is 5. The molecule has 0 spiro atoms. The molecule has 8 heteroatoms. The molecule has 0 bridgehead atoms. The van der Waals surface area contributed by atoms with Crippen LogP contribution >= 0.6 is 11.3 Å². The van der Waals surface area contributed by atoms with Crippen LogP contribution in [0.15, 0.2) is 46.9 Å². The van der Waals surface area contributed by atoms with E-state index < -0.39 is 4.92 Å². The topological polar surface area (TPSA) is 89.5 Å². The van der Waals surface area contributed by atoms with Gasteiger partial charge >= 0.3 is 5.88 Å². The maximum absolute atomic E-state index is 12.1. The predicted molar refractivity (Wildman–Crippen MR) is 90.5 cm³/mol. The molecule has 0 saturated carbocycles. The molecule has 1 aromatic carbocycles. The highest BCUT2D eigenvalue weighted by Gasteiger charge is 2.12. The number of nitrogens with zero attached hydrogens (tertiary/aromatic N) is 3. The van der Waals surface area contributed by atoms with Crippen LogP contribution in [0.25, 0.3) is 16.3 Å². The first-order valence-corrected chi connectivity index (χ1v) is 7.86. The van der Waals surface area contributed by atoms with E-state index in [-0.39, 0.29) is 17.6 Å². The average Bonchev–Trinajstić information content (AvgIpc) is 3.18. The van der Waals surface area contributed by atoms with Crippen molar-refractivity contribution in [1.29, 1.82) is 0 Å². The Hall–Kier alpha value is -3.00. The minimum absolute atomic E-state index is 0.242. The first-order chi connectivity index (χ1) is 11.5. The van der Waals surface area contributed by atoms with E-state index in [1.807, 2.05) is 24.3 Å². The summed E-state index contributed by atoms with van der Waals surface area (Å²) < 4.78 is 6.04. The molecular formula is C16H13N3O4S. The average molecular weight is 343 g/mol. The Morgan fingerprint density at radius 3 is 2.88 bits per heavy atom. The standard InChI is InChI=1S/C16H13N3O4S/c1-18(10-14-17-12-4-2-3-5-13(12)24-14)15(20)8-6-11-7-9-16(23-11)19(21)22/h2-9H,10H2,1H3/b8-6+. The highest BCUT2D eigenvalue weighted by Crippen LogP contribution is 2.22. The van der Waals surface area contributed by atoms with Gasteiger partial charge < -0.3 is 9.32 Å². The van der Waals surface area contributed by atoms with Crippen molar-refractivity contribution in [2.75, 3.05) is 7.05 Å². The van der Waals surface area contributed by atoms with Gasteiger partial charge in [0.15, 0.2) is 0 Å². The maximum atomic E-state index is 12.1. The Bertz CT molecular complexity index is 895. The number of nitro groups is 1. The van der Waals surface area contributed by atoms with Gasteiger partial charge in [-0.3, -0.25) is 14.9 Å². The third-order valence-corrected chi connectivity index (χ3v) is 4.29. The van der Waals surface area contributed by atoms with Crippen LogP contribution in [-0.4, -0.2) is 27.8 Å². The molecule has 0 unspecified atom stereocenters. The second-order valence-corrected chi connectivity index (χ2v) is 6.15. The SMILES string of the molecule is CN(Cc1nc2ccccc2s1)C(=O)/C=C/c1ccc([N+](=O)[O-])o1. The molecule has 0 N–H and O–H groups in total. The molecule has 2 aromatic heterocycles. The van der Waals surface area contributed by atoms with Crippen LogP contribution in [0.2, 0.25) is 0 Å². The van der Waals surface area contributed by atoms with E-state index in [2.05, 4.69) is 4.98 Å². The minimum atomic E-state index is -0.627. The molecule has 0 aliphatic carbocycles. The van der Waals surface area contributed by atoms with Gasteiger partial charge in [-0.1, -0.05) is 12.1 Å². The molecule has 0 aliphatic heterocycles. The summed E-state index contributed by atoms with van der Waals surface area (Å²) in [5.41, 5.74) is 0.914. The number of thiazole rings is 1. The van der Waals surface area contributed by atoms with Crippen LogP contribution in [0.3, 0.4) is 0 Å². The van der Waals surface area contributed by atoms with Crippen molar-refractivity contribution in [3.05, 3.63) is 63.4 Å². The van der Waals surface area contributed by atoms with Gasteiger partial charge in [0.2, 0.25) is 5.91 Å². The molecule has 7 nitrogen and oxygen atoms in total. The van der Waals surface area contributed by atoms with E-state index in [0.717, 1.165) is 15.2 Å². The summed E-state index contributed by atoms with van der Waals surface area (Å²) in [5.74, 6) is -0.346. The van der Waals surface area contributed by atoms with Gasteiger partial charge in [0.05, 0.1) is 22.8 Å². The van der Waals surface area contributed by atoms with Gasteiger partial charge in [0, 0.05) is 13.1 Å². The van der Waals surface area contributed by atoms with E-state index in [1.54, 1.807) is 18.4 Å². The monoisotopic (exact) mass is 343 g/mol. The molecule has 2 heterocycles. The number of para-hydroxylation sites is 1. The van der Waals surface area contributed by atoms with Crippen molar-refractivity contribution in [2.24, 2.45) is 0 Å². The fourth-order valence-electron chi connectivity index (χ4n) is 2.08. The molecule has 24 heavy (non-hydrogen) atoms. The zero-order valence-corrected chi connectivity index (χ0v) is 13.5. The number of benzene rings is 1. The van der Waals surface area contributed by atoms with Crippen LogP contribution in [0, 0.1) is 10.1 Å². The lowest BCUT2D eigenvalue weighted by atomic mass is 10.3. The largest absolute Gasteiger partial charge is 0.433 e. The molecule has 3 rings (SSSR count). The quantitative estimate of drug-likeness (QED) is 0.402. The lowest BCUT2D eigenvalue weighted by Gasteiger charge is -2.12. The van der Waals surface area contributed by atoms with Gasteiger partial charge in [-0.05, 0) is 24.3 Å². The van der Waals surface area contributed by atoms with E-state index in [0.29, 0.717) is 6.54 Å².